The van der Waals surface area contributed by atoms with Crippen LogP contribution in [0.5, 0.6) is 0 Å². The van der Waals surface area contributed by atoms with Crippen molar-refractivity contribution in [1.82, 2.24) is 9.55 Å². The molecule has 3 aromatic rings. The minimum absolute atomic E-state index is 0.0445. The number of hydrogen-bond donors (Lipinski definition) is 3. The number of ketones is 1. The van der Waals surface area contributed by atoms with Gasteiger partial charge in [0.25, 0.3) is 0 Å². The summed E-state index contributed by atoms with van der Waals surface area (Å²) in [6.07, 6.45) is -1.40. The van der Waals surface area contributed by atoms with Gasteiger partial charge in [0.05, 0.1) is 5.73 Å². The van der Waals surface area contributed by atoms with Crippen molar-refractivity contribution in [2.45, 2.75) is 63.3 Å². The number of nitrogens with zero attached hydrogens (tertiary/aromatic N) is 2. The molecule has 3 N–H and O–H groups in total. The molecule has 2 heterocycles. The van der Waals surface area contributed by atoms with Gasteiger partial charge in [0.2, 0.25) is 5.91 Å². The molecule has 1 unspecified atom stereocenters. The molecule has 1 saturated heterocycles. The number of aromatic nitrogens is 2. The van der Waals surface area contributed by atoms with Crippen LogP contribution in [0.4, 0.5) is 5.82 Å². The Morgan fingerprint density at radius 1 is 1.05 bits per heavy atom. The Balaban J connectivity index is 1.92. The van der Waals surface area contributed by atoms with E-state index in [1.165, 1.54) is 26.1 Å². The maximum absolute atomic E-state index is 13.1. The van der Waals surface area contributed by atoms with Crippen molar-refractivity contribution in [1.29, 1.82) is 0 Å². The summed E-state index contributed by atoms with van der Waals surface area (Å²) in [6.45, 7) is 12.6. The second kappa shape index (κ2) is 10.7. The average Bonchev–Trinajstić information content (AvgIpc) is 3.16. The van der Waals surface area contributed by atoms with Gasteiger partial charge in [-0.1, -0.05) is 98.4 Å². The summed E-state index contributed by atoms with van der Waals surface area (Å²) >= 11 is 0. The van der Waals surface area contributed by atoms with E-state index in [4.69, 9.17) is 4.74 Å². The second-order valence-corrected chi connectivity index (χ2v) is 16.0. The number of rotatable bonds is 7. The van der Waals surface area contributed by atoms with E-state index < -0.39 is 54.2 Å². The molecule has 1 aliphatic rings. The van der Waals surface area contributed by atoms with Crippen LogP contribution in [-0.4, -0.2) is 57.0 Å². The first kappa shape index (κ1) is 29.3. The van der Waals surface area contributed by atoms with Gasteiger partial charge in [-0.3, -0.25) is 14.2 Å². The number of anilines is 1. The van der Waals surface area contributed by atoms with Crippen LogP contribution in [0.25, 0.3) is 0 Å². The fraction of sp³-hybridized carbons (Fsp3) is 0.333. The molecule has 1 aliphatic heterocycles. The monoisotopic (exact) mass is 561 g/mol. The van der Waals surface area contributed by atoms with Crippen molar-refractivity contribution >= 4 is 36.0 Å². The lowest BCUT2D eigenvalue weighted by atomic mass is 9.87. The summed E-state index contributed by atoms with van der Waals surface area (Å²) in [6, 6.07) is 20.6. The molecule has 40 heavy (non-hydrogen) atoms. The minimum atomic E-state index is -3.33. The number of nitrogens with one attached hydrogen (secondary N) is 1. The molecule has 2 aromatic carbocycles. The van der Waals surface area contributed by atoms with Crippen LogP contribution in [0.1, 0.15) is 40.8 Å². The summed E-state index contributed by atoms with van der Waals surface area (Å²) in [7, 11) is -3.33. The number of aliphatic hydroxyl groups excluding tert-OH is 1. The fourth-order valence-corrected chi connectivity index (χ4v) is 11.8. The number of ether oxygens (including phenoxy) is 1. The minimum Gasteiger partial charge on any atom is -0.393 e. The number of amides is 1. The summed E-state index contributed by atoms with van der Waals surface area (Å²) in [5.74, 6) is -1.02. The van der Waals surface area contributed by atoms with Gasteiger partial charge >= 0.3 is 5.69 Å². The molecule has 210 valence electrons. The largest absolute Gasteiger partial charge is 0.393 e. The summed E-state index contributed by atoms with van der Waals surface area (Å²) < 4.78 is 7.38. The maximum Gasteiger partial charge on any atom is 0.351 e. The standard InChI is InChI=1S/C30H35N3O6Si/c1-19-26(33-18-17-24(31-21(3)35)32-28(33)37)39-25(30(19,38)20(2)34)27(36)40(29(4,5)6,22-13-9-7-10-14-22)23-15-11-8-12-16-23/h7-18,25-27,36,38H,1H2,2-6H3,(H,31,32,35,37)/t25-,26-,27?,30-/m1/s1. The lowest BCUT2D eigenvalue weighted by Crippen LogP contribution is -2.76. The highest BCUT2D eigenvalue weighted by molar-refractivity contribution is 7.05. The molecule has 1 amide bonds. The molecule has 0 spiro atoms. The Morgan fingerprint density at radius 2 is 1.57 bits per heavy atom. The first-order chi connectivity index (χ1) is 18.8. The van der Waals surface area contributed by atoms with Crippen LogP contribution in [0.3, 0.4) is 0 Å². The third-order valence-corrected chi connectivity index (χ3v) is 13.8. The number of hydrogen-bond acceptors (Lipinski definition) is 7. The van der Waals surface area contributed by atoms with Crippen molar-refractivity contribution in [2.75, 3.05) is 5.32 Å². The molecule has 0 bridgehead atoms. The smallest absolute Gasteiger partial charge is 0.351 e. The van der Waals surface area contributed by atoms with Crippen molar-refractivity contribution in [3.8, 4) is 0 Å². The zero-order chi connectivity index (χ0) is 29.5. The molecule has 10 heteroatoms. The van der Waals surface area contributed by atoms with E-state index in [-0.39, 0.29) is 11.4 Å². The van der Waals surface area contributed by atoms with Gasteiger partial charge < -0.3 is 20.3 Å². The zero-order valence-electron chi connectivity index (χ0n) is 23.3. The van der Waals surface area contributed by atoms with Gasteiger partial charge in [0, 0.05) is 18.7 Å². The lowest BCUT2D eigenvalue weighted by molar-refractivity contribution is -0.145. The Labute approximate surface area is 234 Å². The van der Waals surface area contributed by atoms with Crippen molar-refractivity contribution in [3.05, 3.63) is 95.6 Å². The second-order valence-electron chi connectivity index (χ2n) is 11.2. The van der Waals surface area contributed by atoms with Gasteiger partial charge in [-0.25, -0.2) is 4.79 Å². The third-order valence-electron chi connectivity index (χ3n) is 7.77. The average molecular weight is 562 g/mol. The Kier molecular flexibility index (Phi) is 7.83. The maximum atomic E-state index is 13.1. The van der Waals surface area contributed by atoms with Gasteiger partial charge in [-0.05, 0) is 18.0 Å². The molecule has 1 aromatic heterocycles. The third kappa shape index (κ3) is 4.66. The van der Waals surface area contributed by atoms with Gasteiger partial charge in [0.15, 0.2) is 25.7 Å². The van der Waals surface area contributed by atoms with Gasteiger partial charge in [-0.15, -0.1) is 0 Å². The predicted molar refractivity (Wildman–Crippen MR) is 155 cm³/mol. The van der Waals surface area contributed by atoms with Crippen molar-refractivity contribution in [3.63, 3.8) is 0 Å². The molecule has 1 fully saturated rings. The number of aliphatic hydroxyl groups is 2. The molecule has 0 saturated carbocycles. The van der Waals surface area contributed by atoms with Crippen LogP contribution in [0.15, 0.2) is 89.9 Å². The van der Waals surface area contributed by atoms with Crippen LogP contribution < -0.4 is 21.4 Å². The van der Waals surface area contributed by atoms with Gasteiger partial charge in [0.1, 0.15) is 11.9 Å². The molecule has 0 radical (unpaired) electrons. The summed E-state index contributed by atoms with van der Waals surface area (Å²) in [5.41, 5.74) is -4.52. The normalized spacial score (nSPS) is 22.1. The van der Waals surface area contributed by atoms with E-state index in [9.17, 15) is 24.6 Å². The molecule has 4 rings (SSSR count). The van der Waals surface area contributed by atoms with Crippen molar-refractivity contribution in [2.24, 2.45) is 0 Å². The SMILES string of the molecule is C=C1[C@H](n2ccc(NC(C)=O)nc2=O)O[C@H](C(O)[Si](c2ccccc2)(c2ccccc2)C(C)(C)C)[C@]1(O)C(C)=O. The first-order valence-corrected chi connectivity index (χ1v) is 15.1. The Morgan fingerprint density at radius 3 is 2.00 bits per heavy atom. The molecular weight excluding hydrogens is 526 g/mol. The summed E-state index contributed by atoms with van der Waals surface area (Å²) in [5, 5.41) is 28.2. The molecule has 9 nitrogen and oxygen atoms in total. The topological polar surface area (TPSA) is 131 Å². The van der Waals surface area contributed by atoms with Crippen LogP contribution in [0.2, 0.25) is 5.04 Å². The van der Waals surface area contributed by atoms with E-state index >= 15 is 0 Å². The van der Waals surface area contributed by atoms with Crippen molar-refractivity contribution < 1.29 is 24.5 Å². The highest BCUT2D eigenvalue weighted by Gasteiger charge is 2.65. The Bertz CT molecular complexity index is 1450. The number of Topliss-reactive ketones (excluding diaryl/α,β-unsaturated/α-hetero) is 1. The van der Waals surface area contributed by atoms with Crippen LogP contribution in [0, 0.1) is 0 Å². The first-order valence-electron chi connectivity index (χ1n) is 13.0. The van der Waals surface area contributed by atoms with Crippen LogP contribution in [-0.2, 0) is 14.3 Å². The van der Waals surface area contributed by atoms with Gasteiger partial charge in [-0.2, -0.15) is 4.98 Å². The zero-order valence-corrected chi connectivity index (χ0v) is 24.3. The van der Waals surface area contributed by atoms with E-state index in [0.717, 1.165) is 14.9 Å². The van der Waals surface area contributed by atoms with E-state index in [2.05, 4.69) is 16.9 Å². The predicted octanol–water partition coefficient (Wildman–Crippen LogP) is 1.94. The van der Waals surface area contributed by atoms with E-state index in [1.807, 2.05) is 81.4 Å². The fourth-order valence-electron chi connectivity index (χ4n) is 5.94. The number of carbonyl (C=O) groups is 2. The van der Waals surface area contributed by atoms with Crippen LogP contribution >= 0.6 is 0 Å². The molecule has 0 aliphatic carbocycles. The lowest BCUT2D eigenvalue weighted by Gasteiger charge is -2.49. The Hall–Kier alpha value is -3.70. The van der Waals surface area contributed by atoms with E-state index in [0.29, 0.717) is 0 Å². The highest BCUT2D eigenvalue weighted by atomic mass is 28.3. The quantitative estimate of drug-likeness (QED) is 0.297. The molecular formula is C30H35N3O6Si. The number of benzene rings is 2. The molecule has 4 atom stereocenters. The summed E-state index contributed by atoms with van der Waals surface area (Å²) in [4.78, 5) is 41.4. The van der Waals surface area contributed by atoms with E-state index in [1.54, 1.807) is 0 Å². The highest BCUT2D eigenvalue weighted by Crippen LogP contribution is 2.47. The number of carbonyl (C=O) groups excluding carboxylic acids is 2.